The monoisotopic (exact) mass is 239 g/mol. The first-order valence-corrected chi connectivity index (χ1v) is 5.16. The van der Waals surface area contributed by atoms with Gasteiger partial charge >= 0.3 is 6.18 Å². The Morgan fingerprint density at radius 2 is 2.13 bits per heavy atom. The third-order valence-electron chi connectivity index (χ3n) is 1.73. The third-order valence-corrected chi connectivity index (χ3v) is 2.59. The number of nitrogen functional groups attached to an aromatic ring is 1. The molecule has 1 aromatic heterocycles. The lowest BCUT2D eigenvalue weighted by molar-refractivity contribution is -0.120. The van der Waals surface area contributed by atoms with E-state index in [1.807, 2.05) is 0 Å². The SMILES string of the molecule is CC(C)N(CC(F)(F)F)c1ncc(N)s1. The molecule has 2 N–H and O–H groups in total. The highest BCUT2D eigenvalue weighted by Gasteiger charge is 2.33. The summed E-state index contributed by atoms with van der Waals surface area (Å²) in [7, 11) is 0. The Morgan fingerprint density at radius 1 is 1.53 bits per heavy atom. The molecule has 7 heteroatoms. The molecule has 0 unspecified atom stereocenters. The number of aromatic nitrogens is 1. The maximum Gasteiger partial charge on any atom is 0.406 e. The van der Waals surface area contributed by atoms with Crippen molar-refractivity contribution in [3.05, 3.63) is 6.20 Å². The molecule has 0 radical (unpaired) electrons. The van der Waals surface area contributed by atoms with Crippen LogP contribution >= 0.6 is 11.3 Å². The molecule has 0 aliphatic carbocycles. The Morgan fingerprint density at radius 3 is 2.47 bits per heavy atom. The molecule has 0 saturated heterocycles. The van der Waals surface area contributed by atoms with E-state index in [0.29, 0.717) is 10.1 Å². The van der Waals surface area contributed by atoms with Gasteiger partial charge in [0.1, 0.15) is 11.5 Å². The normalized spacial score (nSPS) is 12.1. The molecule has 0 bridgehead atoms. The summed E-state index contributed by atoms with van der Waals surface area (Å²) in [4.78, 5) is 5.02. The van der Waals surface area contributed by atoms with Crippen molar-refractivity contribution in [3.63, 3.8) is 0 Å². The van der Waals surface area contributed by atoms with Gasteiger partial charge in [0, 0.05) is 6.04 Å². The average molecular weight is 239 g/mol. The zero-order valence-corrected chi connectivity index (χ0v) is 9.19. The van der Waals surface area contributed by atoms with E-state index in [4.69, 9.17) is 5.73 Å². The second kappa shape index (κ2) is 4.26. The van der Waals surface area contributed by atoms with Crippen LogP contribution in [0.25, 0.3) is 0 Å². The Balaban J connectivity index is 2.84. The van der Waals surface area contributed by atoms with Gasteiger partial charge in [-0.2, -0.15) is 13.2 Å². The van der Waals surface area contributed by atoms with Crippen molar-refractivity contribution in [3.8, 4) is 0 Å². The Kier molecular flexibility index (Phi) is 3.43. The molecule has 0 atom stereocenters. The van der Waals surface area contributed by atoms with E-state index in [1.165, 1.54) is 11.1 Å². The second-order valence-corrected chi connectivity index (χ2v) is 4.42. The van der Waals surface area contributed by atoms with Crippen LogP contribution in [0.5, 0.6) is 0 Å². The lowest BCUT2D eigenvalue weighted by atomic mass is 10.3. The van der Waals surface area contributed by atoms with Crippen LogP contribution in [-0.4, -0.2) is 23.7 Å². The maximum absolute atomic E-state index is 12.3. The summed E-state index contributed by atoms with van der Waals surface area (Å²) in [6.45, 7) is 2.37. The molecule has 0 aromatic carbocycles. The topological polar surface area (TPSA) is 42.2 Å². The number of halogens is 3. The molecule has 0 spiro atoms. The summed E-state index contributed by atoms with van der Waals surface area (Å²) < 4.78 is 36.8. The van der Waals surface area contributed by atoms with Crippen LogP contribution in [0.4, 0.5) is 23.3 Å². The predicted molar refractivity (Wildman–Crippen MR) is 55.1 cm³/mol. The number of thiazole rings is 1. The number of alkyl halides is 3. The Labute approximate surface area is 89.7 Å². The highest BCUT2D eigenvalue weighted by atomic mass is 32.1. The minimum absolute atomic E-state index is 0.267. The van der Waals surface area contributed by atoms with Gasteiger partial charge in [0.15, 0.2) is 5.13 Å². The molecule has 0 amide bonds. The molecule has 0 aliphatic rings. The van der Waals surface area contributed by atoms with Crippen molar-refractivity contribution in [2.45, 2.75) is 26.1 Å². The fourth-order valence-electron chi connectivity index (χ4n) is 1.07. The molecule has 3 nitrogen and oxygen atoms in total. The summed E-state index contributed by atoms with van der Waals surface area (Å²) in [6, 6.07) is -0.267. The van der Waals surface area contributed by atoms with Crippen molar-refractivity contribution >= 4 is 21.5 Å². The number of rotatable bonds is 3. The molecule has 0 aliphatic heterocycles. The largest absolute Gasteiger partial charge is 0.406 e. The van der Waals surface area contributed by atoms with Crippen molar-refractivity contribution in [2.75, 3.05) is 17.2 Å². The van der Waals surface area contributed by atoms with E-state index < -0.39 is 12.7 Å². The minimum Gasteiger partial charge on any atom is -0.389 e. The highest BCUT2D eigenvalue weighted by Crippen LogP contribution is 2.28. The molecular formula is C8H12F3N3S. The van der Waals surface area contributed by atoms with E-state index in [2.05, 4.69) is 4.98 Å². The first kappa shape index (κ1) is 12.1. The number of hydrogen-bond donors (Lipinski definition) is 1. The van der Waals surface area contributed by atoms with Gasteiger partial charge < -0.3 is 10.6 Å². The predicted octanol–water partition coefficient (Wildman–Crippen LogP) is 2.50. The van der Waals surface area contributed by atoms with Gasteiger partial charge in [0.2, 0.25) is 0 Å². The highest BCUT2D eigenvalue weighted by molar-refractivity contribution is 7.19. The molecule has 86 valence electrons. The van der Waals surface area contributed by atoms with Crippen LogP contribution in [0.2, 0.25) is 0 Å². The Bertz CT molecular complexity index is 321. The summed E-state index contributed by atoms with van der Waals surface area (Å²) in [5, 5.41) is 0.720. The number of hydrogen-bond acceptors (Lipinski definition) is 4. The van der Waals surface area contributed by atoms with Crippen LogP contribution in [-0.2, 0) is 0 Å². The van der Waals surface area contributed by atoms with E-state index in [9.17, 15) is 13.2 Å². The number of anilines is 2. The molecule has 15 heavy (non-hydrogen) atoms. The summed E-state index contributed by atoms with van der Waals surface area (Å²) in [5.41, 5.74) is 5.43. The van der Waals surface area contributed by atoms with Crippen LogP contribution < -0.4 is 10.6 Å². The number of nitrogens with two attached hydrogens (primary N) is 1. The molecule has 1 aromatic rings. The fraction of sp³-hybridized carbons (Fsp3) is 0.625. The summed E-state index contributed by atoms with van der Waals surface area (Å²) >= 11 is 1.06. The lowest BCUT2D eigenvalue weighted by Gasteiger charge is -2.26. The molecule has 1 heterocycles. The summed E-state index contributed by atoms with van der Waals surface area (Å²) in [5.74, 6) is 0. The molecule has 1 rings (SSSR count). The lowest BCUT2D eigenvalue weighted by Crippen LogP contribution is -2.39. The van der Waals surface area contributed by atoms with Crippen LogP contribution in [0, 0.1) is 0 Å². The first-order valence-electron chi connectivity index (χ1n) is 4.34. The summed E-state index contributed by atoms with van der Waals surface area (Å²) in [6.07, 6.45) is -2.86. The van der Waals surface area contributed by atoms with Crippen LogP contribution in [0.3, 0.4) is 0 Å². The van der Waals surface area contributed by atoms with Gasteiger partial charge in [-0.05, 0) is 13.8 Å². The zero-order chi connectivity index (χ0) is 11.6. The maximum atomic E-state index is 12.3. The fourth-order valence-corrected chi connectivity index (χ4v) is 1.89. The molecule has 0 fully saturated rings. The van der Waals surface area contributed by atoms with E-state index in [0.717, 1.165) is 11.3 Å². The van der Waals surface area contributed by atoms with Crippen molar-refractivity contribution < 1.29 is 13.2 Å². The van der Waals surface area contributed by atoms with Crippen LogP contribution in [0.1, 0.15) is 13.8 Å². The van der Waals surface area contributed by atoms with Gasteiger partial charge in [-0.1, -0.05) is 11.3 Å². The standard InChI is InChI=1S/C8H12F3N3S/c1-5(2)14(4-8(9,10)11)7-13-3-6(12)15-7/h3,5H,4,12H2,1-2H3. The quantitative estimate of drug-likeness (QED) is 0.881. The van der Waals surface area contributed by atoms with E-state index in [1.54, 1.807) is 13.8 Å². The van der Waals surface area contributed by atoms with E-state index in [-0.39, 0.29) is 6.04 Å². The average Bonchev–Trinajstić information content (AvgIpc) is 2.45. The van der Waals surface area contributed by atoms with Crippen molar-refractivity contribution in [1.82, 2.24) is 4.98 Å². The van der Waals surface area contributed by atoms with Gasteiger partial charge in [0.05, 0.1) is 6.20 Å². The van der Waals surface area contributed by atoms with E-state index >= 15 is 0 Å². The molecule has 0 saturated carbocycles. The molecular weight excluding hydrogens is 227 g/mol. The van der Waals surface area contributed by atoms with Crippen LogP contribution in [0.15, 0.2) is 6.20 Å². The van der Waals surface area contributed by atoms with Gasteiger partial charge in [-0.3, -0.25) is 0 Å². The van der Waals surface area contributed by atoms with Gasteiger partial charge in [-0.25, -0.2) is 4.98 Å². The number of nitrogens with zero attached hydrogens (tertiary/aromatic N) is 2. The van der Waals surface area contributed by atoms with Gasteiger partial charge in [0.25, 0.3) is 0 Å². The first-order chi connectivity index (χ1) is 6.79. The smallest absolute Gasteiger partial charge is 0.389 e. The van der Waals surface area contributed by atoms with Gasteiger partial charge in [-0.15, -0.1) is 0 Å². The zero-order valence-electron chi connectivity index (χ0n) is 8.38. The minimum atomic E-state index is -4.23. The van der Waals surface area contributed by atoms with Crippen molar-refractivity contribution in [1.29, 1.82) is 0 Å². The Hall–Kier alpha value is -0.980. The second-order valence-electron chi connectivity index (χ2n) is 3.38. The third kappa shape index (κ3) is 3.58. The van der Waals surface area contributed by atoms with Crippen molar-refractivity contribution in [2.24, 2.45) is 0 Å².